The van der Waals surface area contributed by atoms with Gasteiger partial charge >= 0.3 is 5.97 Å². The molecular weight excluding hydrogens is 460 g/mol. The molecule has 2 N–H and O–H groups in total. The van der Waals surface area contributed by atoms with Crippen molar-refractivity contribution >= 4 is 52.2 Å². The van der Waals surface area contributed by atoms with E-state index in [2.05, 4.69) is 26.2 Å². The zero-order valence-corrected chi connectivity index (χ0v) is 20.1. The van der Waals surface area contributed by atoms with Crippen LogP contribution in [0.25, 0.3) is 6.08 Å². The van der Waals surface area contributed by atoms with Crippen LogP contribution in [-0.4, -0.2) is 38.8 Å². The second kappa shape index (κ2) is 10.2. The van der Waals surface area contributed by atoms with Crippen LogP contribution in [-0.2, 0) is 15.0 Å². The average molecular weight is 485 g/mol. The van der Waals surface area contributed by atoms with Crippen molar-refractivity contribution in [3.8, 4) is 5.75 Å². The number of carboxylic acids is 1. The monoisotopic (exact) mass is 484 g/mol. The van der Waals surface area contributed by atoms with Gasteiger partial charge in [0.25, 0.3) is 11.8 Å². The van der Waals surface area contributed by atoms with Gasteiger partial charge in [-0.3, -0.25) is 19.8 Å². The Morgan fingerprint density at radius 1 is 1.12 bits per heavy atom. The van der Waals surface area contributed by atoms with E-state index < -0.39 is 17.8 Å². The number of thioether (sulfide) groups is 1. The van der Waals surface area contributed by atoms with Crippen LogP contribution in [0.2, 0.25) is 0 Å². The number of aliphatic carboxylic acids is 1. The molecule has 7 nitrogen and oxygen atoms in total. The van der Waals surface area contributed by atoms with Gasteiger partial charge in [0.1, 0.15) is 5.75 Å². The first kappa shape index (κ1) is 24.5. The number of hydrazine groups is 1. The maximum atomic E-state index is 12.8. The predicted molar refractivity (Wildman–Crippen MR) is 132 cm³/mol. The maximum absolute atomic E-state index is 12.8. The Hall–Kier alpha value is -3.17. The summed E-state index contributed by atoms with van der Waals surface area (Å²) < 4.78 is 5.59. The molecule has 3 rings (SSSR count). The van der Waals surface area contributed by atoms with Crippen molar-refractivity contribution in [2.75, 3.05) is 6.61 Å². The van der Waals surface area contributed by atoms with E-state index in [1.165, 1.54) is 0 Å². The normalized spacial score (nSPS) is 15.1. The summed E-state index contributed by atoms with van der Waals surface area (Å²) in [5.41, 5.74) is 4.83. The highest BCUT2D eigenvalue weighted by atomic mass is 32.2. The van der Waals surface area contributed by atoms with Crippen molar-refractivity contribution in [3.63, 3.8) is 0 Å². The van der Waals surface area contributed by atoms with E-state index >= 15 is 0 Å². The molecule has 2 aromatic rings. The minimum atomic E-state index is -0.928. The number of rotatable bonds is 7. The van der Waals surface area contributed by atoms with Gasteiger partial charge in [-0.2, -0.15) is 5.01 Å². The Morgan fingerprint density at radius 2 is 1.76 bits per heavy atom. The summed E-state index contributed by atoms with van der Waals surface area (Å²) in [5.74, 6) is -1.23. The standard InChI is InChI=1S/C24H24N2O5S2/c1-24(2,3)17-8-6-16(7-9-17)21(29)25-26-22(30)19(33-23(26)32)14-15-4-10-18(11-5-15)31-13-12-20(27)28/h4-11,14H,12-13H2,1-3H3,(H,25,29)(H,27,28)/b19-14+. The van der Waals surface area contributed by atoms with Gasteiger partial charge < -0.3 is 9.84 Å². The van der Waals surface area contributed by atoms with Crippen LogP contribution < -0.4 is 10.2 Å². The van der Waals surface area contributed by atoms with E-state index in [-0.39, 0.29) is 22.8 Å². The molecule has 1 aliphatic rings. The molecule has 0 aliphatic carbocycles. The lowest BCUT2D eigenvalue weighted by Gasteiger charge is -2.19. The van der Waals surface area contributed by atoms with Crippen molar-refractivity contribution in [3.05, 3.63) is 70.1 Å². The molecule has 172 valence electrons. The average Bonchev–Trinajstić information content (AvgIpc) is 3.01. The van der Waals surface area contributed by atoms with Gasteiger partial charge in [-0.15, -0.1) is 0 Å². The molecule has 9 heteroatoms. The smallest absolute Gasteiger partial charge is 0.306 e. The minimum Gasteiger partial charge on any atom is -0.493 e. The summed E-state index contributed by atoms with van der Waals surface area (Å²) in [6.07, 6.45) is 1.58. The van der Waals surface area contributed by atoms with Crippen LogP contribution in [0.1, 0.15) is 48.7 Å². The summed E-state index contributed by atoms with van der Waals surface area (Å²) in [6.45, 7) is 6.35. The lowest BCUT2D eigenvalue weighted by molar-refractivity contribution is -0.137. The third kappa shape index (κ3) is 6.43. The second-order valence-electron chi connectivity index (χ2n) is 8.35. The van der Waals surface area contributed by atoms with E-state index in [9.17, 15) is 14.4 Å². The van der Waals surface area contributed by atoms with Crippen molar-refractivity contribution in [1.82, 2.24) is 10.4 Å². The minimum absolute atomic E-state index is 0.0272. The molecule has 0 saturated carbocycles. The molecule has 33 heavy (non-hydrogen) atoms. The van der Waals surface area contributed by atoms with Gasteiger partial charge in [0.2, 0.25) is 0 Å². The molecule has 0 radical (unpaired) electrons. The Balaban J connectivity index is 1.64. The molecular formula is C24H24N2O5S2. The summed E-state index contributed by atoms with van der Waals surface area (Å²) >= 11 is 6.38. The zero-order chi connectivity index (χ0) is 24.2. The van der Waals surface area contributed by atoms with E-state index in [0.717, 1.165) is 27.9 Å². The first-order chi connectivity index (χ1) is 15.5. The lowest BCUT2D eigenvalue weighted by atomic mass is 9.87. The topological polar surface area (TPSA) is 95.9 Å². The Kier molecular flexibility index (Phi) is 7.55. The van der Waals surface area contributed by atoms with Gasteiger partial charge in [0, 0.05) is 5.56 Å². The number of thiocarbonyl (C=S) groups is 1. The van der Waals surface area contributed by atoms with E-state index in [4.69, 9.17) is 22.1 Å². The lowest BCUT2D eigenvalue weighted by Crippen LogP contribution is -2.44. The largest absolute Gasteiger partial charge is 0.493 e. The highest BCUT2D eigenvalue weighted by Gasteiger charge is 2.33. The molecule has 1 saturated heterocycles. The van der Waals surface area contributed by atoms with Crippen LogP contribution in [0.5, 0.6) is 5.75 Å². The van der Waals surface area contributed by atoms with Gasteiger partial charge in [0.05, 0.1) is 17.9 Å². The van der Waals surface area contributed by atoms with Gasteiger partial charge in [-0.1, -0.05) is 56.8 Å². The highest BCUT2D eigenvalue weighted by molar-refractivity contribution is 8.26. The van der Waals surface area contributed by atoms with Gasteiger partial charge in [-0.05, 0) is 59.1 Å². The number of hydrogen-bond acceptors (Lipinski definition) is 6. The van der Waals surface area contributed by atoms with Gasteiger partial charge in [-0.25, -0.2) is 0 Å². The number of carbonyl (C=O) groups is 3. The molecule has 0 atom stereocenters. The summed E-state index contributed by atoms with van der Waals surface area (Å²) in [5, 5.41) is 9.74. The van der Waals surface area contributed by atoms with Crippen molar-refractivity contribution < 1.29 is 24.2 Å². The van der Waals surface area contributed by atoms with E-state index in [0.29, 0.717) is 16.2 Å². The van der Waals surface area contributed by atoms with E-state index in [1.807, 2.05) is 12.1 Å². The number of nitrogens with one attached hydrogen (secondary N) is 1. The third-order valence-electron chi connectivity index (χ3n) is 4.78. The first-order valence-electron chi connectivity index (χ1n) is 10.2. The van der Waals surface area contributed by atoms with Crippen molar-refractivity contribution in [2.45, 2.75) is 32.6 Å². The molecule has 1 heterocycles. The predicted octanol–water partition coefficient (Wildman–Crippen LogP) is 4.38. The number of nitrogens with zero attached hydrogens (tertiary/aromatic N) is 1. The van der Waals surface area contributed by atoms with Crippen LogP contribution in [0.3, 0.4) is 0 Å². The van der Waals surface area contributed by atoms with E-state index in [1.54, 1.807) is 42.5 Å². The molecule has 0 unspecified atom stereocenters. The van der Waals surface area contributed by atoms with Gasteiger partial charge in [0.15, 0.2) is 4.32 Å². The number of carbonyl (C=O) groups excluding carboxylic acids is 2. The molecule has 2 aromatic carbocycles. The Bertz CT molecular complexity index is 1100. The first-order valence-corrected chi connectivity index (χ1v) is 11.4. The second-order valence-corrected chi connectivity index (χ2v) is 10.0. The number of amides is 2. The van der Waals surface area contributed by atoms with Crippen LogP contribution in [0, 0.1) is 0 Å². The quantitative estimate of drug-likeness (QED) is 0.445. The molecule has 0 bridgehead atoms. The van der Waals surface area contributed by atoms with Crippen molar-refractivity contribution in [1.29, 1.82) is 0 Å². The zero-order valence-electron chi connectivity index (χ0n) is 18.5. The van der Waals surface area contributed by atoms with Crippen LogP contribution in [0.4, 0.5) is 0 Å². The SMILES string of the molecule is CC(C)(C)c1ccc(C(=O)NN2C(=O)/C(=C\c3ccc(OCCC(=O)O)cc3)SC2=S)cc1. The molecule has 1 fully saturated rings. The summed E-state index contributed by atoms with van der Waals surface area (Å²) in [4.78, 5) is 36.4. The Labute approximate surface area is 201 Å². The number of hydrogen-bond donors (Lipinski definition) is 2. The fraction of sp³-hybridized carbons (Fsp3) is 0.250. The summed E-state index contributed by atoms with van der Waals surface area (Å²) in [6, 6.07) is 14.1. The third-order valence-corrected chi connectivity index (χ3v) is 6.08. The molecule has 1 aliphatic heterocycles. The van der Waals surface area contributed by atoms with Crippen LogP contribution in [0.15, 0.2) is 53.4 Å². The maximum Gasteiger partial charge on any atom is 0.306 e. The number of benzene rings is 2. The fourth-order valence-corrected chi connectivity index (χ4v) is 4.10. The Morgan fingerprint density at radius 3 is 2.33 bits per heavy atom. The summed E-state index contributed by atoms with van der Waals surface area (Å²) in [7, 11) is 0. The van der Waals surface area contributed by atoms with Crippen LogP contribution >= 0.6 is 24.0 Å². The fourth-order valence-electron chi connectivity index (χ4n) is 2.92. The van der Waals surface area contributed by atoms with Crippen molar-refractivity contribution in [2.24, 2.45) is 0 Å². The number of ether oxygens (including phenoxy) is 1. The number of carboxylic acid groups (broad SMARTS) is 1. The highest BCUT2D eigenvalue weighted by Crippen LogP contribution is 2.32. The molecule has 2 amide bonds. The molecule has 0 spiro atoms. The molecule has 0 aromatic heterocycles.